The Kier molecular flexibility index (Phi) is 3.80. The van der Waals surface area contributed by atoms with Crippen LogP contribution in [0, 0.1) is 6.92 Å². The van der Waals surface area contributed by atoms with Crippen LogP contribution in [0.25, 0.3) is 0 Å². The van der Waals surface area contributed by atoms with Gasteiger partial charge >= 0.3 is 0 Å². The molecule has 0 bridgehead atoms. The number of aryl methyl sites for hydroxylation is 1. The van der Waals surface area contributed by atoms with Gasteiger partial charge in [-0.1, -0.05) is 6.07 Å². The van der Waals surface area contributed by atoms with Gasteiger partial charge in [0.1, 0.15) is 11.6 Å². The molecule has 0 atom stereocenters. The lowest BCUT2D eigenvalue weighted by atomic mass is 10.3. The van der Waals surface area contributed by atoms with E-state index >= 15 is 0 Å². The lowest BCUT2D eigenvalue weighted by molar-refractivity contribution is 0.416. The Balaban J connectivity index is 2.33. The molecule has 0 unspecified atom stereocenters. The second-order valence-electron chi connectivity index (χ2n) is 4.17. The van der Waals surface area contributed by atoms with Crippen molar-refractivity contribution in [2.75, 3.05) is 17.6 Å². The first kappa shape index (κ1) is 14.1. The van der Waals surface area contributed by atoms with Gasteiger partial charge in [0.15, 0.2) is 0 Å². The number of nitrogens with one attached hydrogen (secondary N) is 1. The molecule has 0 saturated heterocycles. The van der Waals surface area contributed by atoms with Crippen LogP contribution in [0.2, 0.25) is 0 Å². The van der Waals surface area contributed by atoms with E-state index in [4.69, 9.17) is 10.5 Å². The van der Waals surface area contributed by atoms with Crippen molar-refractivity contribution in [3.05, 3.63) is 42.1 Å². The van der Waals surface area contributed by atoms with Crippen molar-refractivity contribution in [3.8, 4) is 5.75 Å². The second-order valence-corrected chi connectivity index (χ2v) is 5.86. The van der Waals surface area contributed by atoms with Crippen LogP contribution in [-0.4, -0.2) is 20.5 Å². The average Bonchev–Trinajstić information content (AvgIpc) is 2.38. The maximum absolute atomic E-state index is 12.2. The summed E-state index contributed by atoms with van der Waals surface area (Å²) in [5.41, 5.74) is 6.69. The fourth-order valence-electron chi connectivity index (χ4n) is 1.68. The third-order valence-electron chi connectivity index (χ3n) is 2.64. The Hall–Kier alpha value is -2.28. The number of hydrogen-bond acceptors (Lipinski definition) is 5. The molecule has 1 aromatic carbocycles. The molecular weight excluding hydrogens is 278 g/mol. The summed E-state index contributed by atoms with van der Waals surface area (Å²) in [6.45, 7) is 1.78. The molecule has 3 N–H and O–H groups in total. The highest BCUT2D eigenvalue weighted by Crippen LogP contribution is 2.25. The number of hydrogen-bond donors (Lipinski definition) is 2. The van der Waals surface area contributed by atoms with Crippen molar-refractivity contribution in [2.24, 2.45) is 0 Å². The minimum atomic E-state index is -3.73. The summed E-state index contributed by atoms with van der Waals surface area (Å²) in [4.78, 5) is 4.15. The molecule has 0 aliphatic carbocycles. The lowest BCUT2D eigenvalue weighted by Gasteiger charge is -2.10. The Morgan fingerprint density at radius 3 is 2.60 bits per heavy atom. The normalized spacial score (nSPS) is 11.1. The number of aromatic nitrogens is 1. The van der Waals surface area contributed by atoms with E-state index in [0.29, 0.717) is 5.75 Å². The van der Waals surface area contributed by atoms with Crippen LogP contribution >= 0.6 is 0 Å². The summed E-state index contributed by atoms with van der Waals surface area (Å²) >= 11 is 0. The number of benzene rings is 1. The molecule has 0 saturated carbocycles. The van der Waals surface area contributed by atoms with Crippen LogP contribution in [0.4, 0.5) is 11.5 Å². The first-order chi connectivity index (χ1) is 9.42. The van der Waals surface area contributed by atoms with Crippen molar-refractivity contribution < 1.29 is 13.2 Å². The highest BCUT2D eigenvalue weighted by atomic mass is 32.2. The van der Waals surface area contributed by atoms with E-state index in [1.165, 1.54) is 25.3 Å². The summed E-state index contributed by atoms with van der Waals surface area (Å²) < 4.78 is 31.8. The van der Waals surface area contributed by atoms with Gasteiger partial charge in [-0.2, -0.15) is 0 Å². The van der Waals surface area contributed by atoms with Gasteiger partial charge in [-0.3, -0.25) is 4.72 Å². The Morgan fingerprint density at radius 1 is 1.25 bits per heavy atom. The fraction of sp³-hybridized carbons (Fsp3) is 0.154. The minimum Gasteiger partial charge on any atom is -0.495 e. The number of pyridine rings is 1. The molecule has 0 aliphatic rings. The molecule has 1 aromatic heterocycles. The molecule has 7 heteroatoms. The minimum absolute atomic E-state index is 0.0547. The number of sulfonamides is 1. The zero-order valence-corrected chi connectivity index (χ0v) is 11.9. The van der Waals surface area contributed by atoms with Crippen LogP contribution in [-0.2, 0) is 10.0 Å². The largest absolute Gasteiger partial charge is 0.495 e. The van der Waals surface area contributed by atoms with E-state index in [-0.39, 0.29) is 16.4 Å². The standard InChI is InChI=1S/C13H15N3O3S/c1-9-4-3-5-13(15-9)16-20(17,18)10-6-7-12(19-2)11(14)8-10/h3-8H,14H2,1-2H3,(H,15,16). The van der Waals surface area contributed by atoms with Crippen molar-refractivity contribution in [1.82, 2.24) is 4.98 Å². The summed E-state index contributed by atoms with van der Waals surface area (Å²) in [5.74, 6) is 0.692. The van der Waals surface area contributed by atoms with Gasteiger partial charge in [0.2, 0.25) is 0 Å². The maximum atomic E-state index is 12.2. The fourth-order valence-corrected chi connectivity index (χ4v) is 2.71. The molecule has 2 rings (SSSR count). The topological polar surface area (TPSA) is 94.3 Å². The summed E-state index contributed by atoms with van der Waals surface area (Å²) in [6.07, 6.45) is 0. The highest BCUT2D eigenvalue weighted by molar-refractivity contribution is 7.92. The number of anilines is 2. The predicted octanol–water partition coefficient (Wildman–Crippen LogP) is 1.78. The summed E-state index contributed by atoms with van der Waals surface area (Å²) in [6, 6.07) is 9.36. The molecule has 20 heavy (non-hydrogen) atoms. The molecule has 6 nitrogen and oxygen atoms in total. The van der Waals surface area contributed by atoms with Gasteiger partial charge < -0.3 is 10.5 Å². The Morgan fingerprint density at radius 2 is 2.00 bits per heavy atom. The van der Waals surface area contributed by atoms with Crippen molar-refractivity contribution in [3.63, 3.8) is 0 Å². The highest BCUT2D eigenvalue weighted by Gasteiger charge is 2.16. The number of nitrogens with zero attached hydrogens (tertiary/aromatic N) is 1. The SMILES string of the molecule is COc1ccc(S(=O)(=O)Nc2cccc(C)n2)cc1N. The number of rotatable bonds is 4. The molecule has 1 heterocycles. The number of nitrogen functional groups attached to an aromatic ring is 1. The van der Waals surface area contributed by atoms with E-state index in [1.807, 2.05) is 0 Å². The summed E-state index contributed by atoms with van der Waals surface area (Å²) in [7, 11) is -2.26. The van der Waals surface area contributed by atoms with E-state index < -0.39 is 10.0 Å². The van der Waals surface area contributed by atoms with Crippen LogP contribution in [0.5, 0.6) is 5.75 Å². The lowest BCUT2D eigenvalue weighted by Crippen LogP contribution is -2.14. The van der Waals surface area contributed by atoms with Gasteiger partial charge in [0.05, 0.1) is 17.7 Å². The molecule has 0 aliphatic heterocycles. The average molecular weight is 293 g/mol. The van der Waals surface area contributed by atoms with Crippen molar-refractivity contribution in [1.29, 1.82) is 0 Å². The van der Waals surface area contributed by atoms with Crippen LogP contribution in [0.3, 0.4) is 0 Å². The van der Waals surface area contributed by atoms with Gasteiger partial charge in [-0.05, 0) is 37.3 Å². The third-order valence-corrected chi connectivity index (χ3v) is 3.99. The Labute approximate surface area is 117 Å². The molecule has 106 valence electrons. The molecule has 0 fully saturated rings. The van der Waals surface area contributed by atoms with Crippen molar-refractivity contribution >= 4 is 21.5 Å². The quantitative estimate of drug-likeness (QED) is 0.838. The molecule has 0 amide bonds. The predicted molar refractivity (Wildman–Crippen MR) is 77.2 cm³/mol. The zero-order valence-electron chi connectivity index (χ0n) is 11.1. The molecule has 2 aromatic rings. The monoisotopic (exact) mass is 293 g/mol. The zero-order chi connectivity index (χ0) is 14.8. The van der Waals surface area contributed by atoms with Crippen LogP contribution in [0.15, 0.2) is 41.3 Å². The molecular formula is C13H15N3O3S. The van der Waals surface area contributed by atoms with Gasteiger partial charge in [0.25, 0.3) is 10.0 Å². The van der Waals surface area contributed by atoms with Crippen molar-refractivity contribution in [2.45, 2.75) is 11.8 Å². The van der Waals surface area contributed by atoms with E-state index in [9.17, 15) is 8.42 Å². The molecule has 0 radical (unpaired) electrons. The first-order valence-corrected chi connectivity index (χ1v) is 7.31. The summed E-state index contributed by atoms with van der Waals surface area (Å²) in [5, 5.41) is 0. The van der Waals surface area contributed by atoms with E-state index in [2.05, 4.69) is 9.71 Å². The smallest absolute Gasteiger partial charge is 0.263 e. The number of nitrogens with two attached hydrogens (primary N) is 1. The Bertz CT molecular complexity index is 729. The van der Waals surface area contributed by atoms with E-state index in [1.54, 1.807) is 25.1 Å². The van der Waals surface area contributed by atoms with Gasteiger partial charge in [-0.25, -0.2) is 13.4 Å². The number of ether oxygens (including phenoxy) is 1. The molecule has 0 spiro atoms. The third kappa shape index (κ3) is 3.00. The van der Waals surface area contributed by atoms with Gasteiger partial charge in [-0.15, -0.1) is 0 Å². The van der Waals surface area contributed by atoms with Gasteiger partial charge in [0, 0.05) is 5.69 Å². The first-order valence-electron chi connectivity index (χ1n) is 5.82. The second kappa shape index (κ2) is 5.38. The maximum Gasteiger partial charge on any atom is 0.263 e. The van der Waals surface area contributed by atoms with E-state index in [0.717, 1.165) is 5.69 Å². The van der Waals surface area contributed by atoms with Crippen LogP contribution < -0.4 is 15.2 Å². The number of methoxy groups -OCH3 is 1. The van der Waals surface area contributed by atoms with Crippen LogP contribution in [0.1, 0.15) is 5.69 Å².